The SMILES string of the molecule is C/C=C/c1c(F)cc(F)cc1C1OCCO1. The Kier molecular flexibility index (Phi) is 3.31. The standard InChI is InChI=1S/C12H12F2O2/c1-2-3-9-10(12-15-4-5-16-12)6-8(13)7-11(9)14/h2-3,6-7,12H,4-5H2,1H3/b3-2+. The Balaban J connectivity index is 2.47. The van der Waals surface area contributed by atoms with Gasteiger partial charge in [0.15, 0.2) is 6.29 Å². The van der Waals surface area contributed by atoms with Crippen molar-refractivity contribution in [2.75, 3.05) is 13.2 Å². The highest BCUT2D eigenvalue weighted by Crippen LogP contribution is 2.29. The molecule has 1 aliphatic rings. The van der Waals surface area contributed by atoms with Gasteiger partial charge in [-0.15, -0.1) is 0 Å². The number of allylic oxidation sites excluding steroid dienone is 1. The second kappa shape index (κ2) is 4.72. The van der Waals surface area contributed by atoms with Crippen LogP contribution in [0.25, 0.3) is 6.08 Å². The average Bonchev–Trinajstić information content (AvgIpc) is 2.75. The predicted molar refractivity (Wildman–Crippen MR) is 55.7 cm³/mol. The maximum absolute atomic E-state index is 13.5. The van der Waals surface area contributed by atoms with Crippen LogP contribution in [0.1, 0.15) is 24.3 Å². The van der Waals surface area contributed by atoms with Crippen molar-refractivity contribution in [3.8, 4) is 0 Å². The van der Waals surface area contributed by atoms with E-state index in [4.69, 9.17) is 9.47 Å². The first kappa shape index (κ1) is 11.2. The van der Waals surface area contributed by atoms with Crippen LogP contribution in [0, 0.1) is 11.6 Å². The third kappa shape index (κ3) is 2.13. The van der Waals surface area contributed by atoms with Crippen molar-refractivity contribution >= 4 is 6.08 Å². The molecule has 2 rings (SSSR count). The molecular formula is C12H12F2O2. The summed E-state index contributed by atoms with van der Waals surface area (Å²) in [6.45, 7) is 2.65. The van der Waals surface area contributed by atoms with Gasteiger partial charge in [-0.05, 0) is 13.0 Å². The molecule has 0 spiro atoms. The first-order chi connectivity index (χ1) is 7.72. The minimum absolute atomic E-state index is 0.316. The molecule has 2 nitrogen and oxygen atoms in total. The fourth-order valence-electron chi connectivity index (χ4n) is 1.68. The van der Waals surface area contributed by atoms with Crippen LogP contribution in [0.15, 0.2) is 18.2 Å². The Labute approximate surface area is 92.5 Å². The normalized spacial score (nSPS) is 17.4. The zero-order chi connectivity index (χ0) is 11.5. The fourth-order valence-corrected chi connectivity index (χ4v) is 1.68. The van der Waals surface area contributed by atoms with Gasteiger partial charge >= 0.3 is 0 Å². The molecule has 1 aromatic rings. The van der Waals surface area contributed by atoms with Crippen LogP contribution in [-0.4, -0.2) is 13.2 Å². The summed E-state index contributed by atoms with van der Waals surface area (Å²) in [6.07, 6.45) is 2.60. The Morgan fingerprint density at radius 1 is 1.25 bits per heavy atom. The summed E-state index contributed by atoms with van der Waals surface area (Å²) in [4.78, 5) is 0. The molecule has 0 aliphatic carbocycles. The Hall–Kier alpha value is -1.26. The van der Waals surface area contributed by atoms with Crippen molar-refractivity contribution in [1.29, 1.82) is 0 Å². The molecule has 0 N–H and O–H groups in total. The summed E-state index contributed by atoms with van der Waals surface area (Å²) in [7, 11) is 0. The molecule has 1 saturated heterocycles. The molecule has 0 unspecified atom stereocenters. The van der Waals surface area contributed by atoms with Gasteiger partial charge in [0.05, 0.1) is 13.2 Å². The third-order valence-electron chi connectivity index (χ3n) is 2.34. The lowest BCUT2D eigenvalue weighted by Crippen LogP contribution is -2.03. The highest BCUT2D eigenvalue weighted by Gasteiger charge is 2.23. The molecule has 16 heavy (non-hydrogen) atoms. The number of ether oxygens (including phenoxy) is 2. The molecule has 86 valence electrons. The first-order valence-corrected chi connectivity index (χ1v) is 5.07. The van der Waals surface area contributed by atoms with Crippen LogP contribution in [0.4, 0.5) is 8.78 Å². The molecule has 0 atom stereocenters. The van der Waals surface area contributed by atoms with Gasteiger partial charge < -0.3 is 9.47 Å². The van der Waals surface area contributed by atoms with Crippen molar-refractivity contribution in [3.63, 3.8) is 0 Å². The van der Waals surface area contributed by atoms with Gasteiger partial charge in [-0.3, -0.25) is 0 Å². The molecule has 1 aliphatic heterocycles. The van der Waals surface area contributed by atoms with Crippen LogP contribution in [0.2, 0.25) is 0 Å². The van der Waals surface area contributed by atoms with Crippen LogP contribution >= 0.6 is 0 Å². The molecule has 1 heterocycles. The highest BCUT2D eigenvalue weighted by atomic mass is 19.1. The van der Waals surface area contributed by atoms with E-state index in [1.54, 1.807) is 19.1 Å². The van der Waals surface area contributed by atoms with E-state index < -0.39 is 17.9 Å². The largest absolute Gasteiger partial charge is 0.346 e. The Morgan fingerprint density at radius 3 is 2.56 bits per heavy atom. The molecule has 0 amide bonds. The summed E-state index contributed by atoms with van der Waals surface area (Å²) in [5, 5.41) is 0. The van der Waals surface area contributed by atoms with Crippen molar-refractivity contribution in [3.05, 3.63) is 41.0 Å². The smallest absolute Gasteiger partial charge is 0.184 e. The molecule has 0 saturated carbocycles. The first-order valence-electron chi connectivity index (χ1n) is 5.07. The quantitative estimate of drug-likeness (QED) is 0.771. The van der Waals surface area contributed by atoms with E-state index in [0.717, 1.165) is 6.07 Å². The van der Waals surface area contributed by atoms with E-state index in [1.165, 1.54) is 6.07 Å². The van der Waals surface area contributed by atoms with Crippen LogP contribution in [0.3, 0.4) is 0 Å². The second-order valence-corrected chi connectivity index (χ2v) is 3.46. The summed E-state index contributed by atoms with van der Waals surface area (Å²) in [5.41, 5.74) is 0.712. The van der Waals surface area contributed by atoms with Crippen LogP contribution in [-0.2, 0) is 9.47 Å². The summed E-state index contributed by atoms with van der Waals surface area (Å²) < 4.78 is 37.2. The summed E-state index contributed by atoms with van der Waals surface area (Å²) in [5.74, 6) is -1.23. The topological polar surface area (TPSA) is 18.5 Å². The zero-order valence-electron chi connectivity index (χ0n) is 8.87. The number of hydrogen-bond donors (Lipinski definition) is 0. The lowest BCUT2D eigenvalue weighted by atomic mass is 10.1. The summed E-state index contributed by atoms with van der Waals surface area (Å²) in [6, 6.07) is 2.10. The molecular weight excluding hydrogens is 214 g/mol. The van der Waals surface area contributed by atoms with E-state index in [9.17, 15) is 8.78 Å². The Bertz CT molecular complexity index is 410. The zero-order valence-corrected chi connectivity index (χ0v) is 8.87. The van der Waals surface area contributed by atoms with Crippen molar-refractivity contribution in [1.82, 2.24) is 0 Å². The maximum Gasteiger partial charge on any atom is 0.184 e. The van der Waals surface area contributed by atoms with Gasteiger partial charge in [0.1, 0.15) is 11.6 Å². The Morgan fingerprint density at radius 2 is 1.94 bits per heavy atom. The van der Waals surface area contributed by atoms with Crippen molar-refractivity contribution in [2.24, 2.45) is 0 Å². The monoisotopic (exact) mass is 226 g/mol. The molecule has 0 aromatic heterocycles. The van der Waals surface area contributed by atoms with E-state index in [1.807, 2.05) is 0 Å². The molecule has 1 fully saturated rings. The minimum Gasteiger partial charge on any atom is -0.346 e. The lowest BCUT2D eigenvalue weighted by Gasteiger charge is -2.13. The molecule has 0 radical (unpaired) electrons. The van der Waals surface area contributed by atoms with Gasteiger partial charge in [-0.2, -0.15) is 0 Å². The van der Waals surface area contributed by atoms with Gasteiger partial charge in [0.2, 0.25) is 0 Å². The predicted octanol–water partition coefficient (Wildman–Crippen LogP) is 3.04. The van der Waals surface area contributed by atoms with E-state index in [-0.39, 0.29) is 0 Å². The minimum atomic E-state index is -0.670. The van der Waals surface area contributed by atoms with Gasteiger partial charge in [0, 0.05) is 17.2 Å². The number of rotatable bonds is 2. The van der Waals surface area contributed by atoms with Crippen molar-refractivity contribution in [2.45, 2.75) is 13.2 Å². The van der Waals surface area contributed by atoms with E-state index in [0.29, 0.717) is 24.3 Å². The van der Waals surface area contributed by atoms with E-state index in [2.05, 4.69) is 0 Å². The van der Waals surface area contributed by atoms with Crippen LogP contribution in [0.5, 0.6) is 0 Å². The molecule has 4 heteroatoms. The molecule has 1 aromatic carbocycles. The van der Waals surface area contributed by atoms with E-state index >= 15 is 0 Å². The second-order valence-electron chi connectivity index (χ2n) is 3.46. The fraction of sp³-hybridized carbons (Fsp3) is 0.333. The molecule has 0 bridgehead atoms. The van der Waals surface area contributed by atoms with Crippen LogP contribution < -0.4 is 0 Å². The van der Waals surface area contributed by atoms with Crippen molar-refractivity contribution < 1.29 is 18.3 Å². The lowest BCUT2D eigenvalue weighted by molar-refractivity contribution is -0.0446. The third-order valence-corrected chi connectivity index (χ3v) is 2.34. The highest BCUT2D eigenvalue weighted by molar-refractivity contribution is 5.55. The average molecular weight is 226 g/mol. The maximum atomic E-state index is 13.5. The number of hydrogen-bond acceptors (Lipinski definition) is 2. The van der Waals surface area contributed by atoms with Gasteiger partial charge in [-0.1, -0.05) is 12.2 Å². The number of benzene rings is 1. The van der Waals surface area contributed by atoms with Gasteiger partial charge in [0.25, 0.3) is 0 Å². The summed E-state index contributed by atoms with van der Waals surface area (Å²) >= 11 is 0. The number of halogens is 2. The van der Waals surface area contributed by atoms with Gasteiger partial charge in [-0.25, -0.2) is 8.78 Å².